The van der Waals surface area contributed by atoms with Crippen LogP contribution in [0.2, 0.25) is 0 Å². The fourth-order valence-corrected chi connectivity index (χ4v) is 5.47. The Morgan fingerprint density at radius 3 is 2.59 bits per heavy atom. The van der Waals surface area contributed by atoms with Crippen LogP contribution in [0.1, 0.15) is 57.8 Å². The van der Waals surface area contributed by atoms with Crippen LogP contribution in [-0.4, -0.2) is 50.2 Å². The standard InChI is InChI=1S/C19H29N5O2S/c25-17(16-3-1-2-10-27-16)23-15-6-4-14(5-7-15)11-21-18(26)19(8-9-19)24-13-20-12-22-24/h12-16H,1-11H2,(H,21,26)(H,23,25). The number of hydrogen-bond acceptors (Lipinski definition) is 5. The van der Waals surface area contributed by atoms with Crippen LogP contribution in [0.15, 0.2) is 12.7 Å². The van der Waals surface area contributed by atoms with E-state index in [9.17, 15) is 9.59 Å². The Hall–Kier alpha value is -1.57. The summed E-state index contributed by atoms with van der Waals surface area (Å²) in [6.07, 6.45) is 12.3. The number of rotatable bonds is 6. The second-order valence-corrected chi connectivity index (χ2v) is 9.47. The summed E-state index contributed by atoms with van der Waals surface area (Å²) in [5, 5.41) is 10.7. The smallest absolute Gasteiger partial charge is 0.248 e. The molecule has 2 saturated carbocycles. The van der Waals surface area contributed by atoms with E-state index in [-0.39, 0.29) is 17.1 Å². The molecule has 2 amide bonds. The highest BCUT2D eigenvalue weighted by Crippen LogP contribution is 2.43. The van der Waals surface area contributed by atoms with Crippen LogP contribution in [0.25, 0.3) is 0 Å². The van der Waals surface area contributed by atoms with Crippen LogP contribution < -0.4 is 10.6 Å². The lowest BCUT2D eigenvalue weighted by Gasteiger charge is -2.31. The Labute approximate surface area is 164 Å². The molecule has 1 unspecified atom stereocenters. The first-order chi connectivity index (χ1) is 13.2. The Kier molecular flexibility index (Phi) is 5.71. The molecular formula is C19H29N5O2S. The molecule has 0 bridgehead atoms. The molecule has 1 aromatic rings. The van der Waals surface area contributed by atoms with E-state index in [1.807, 2.05) is 11.8 Å². The third-order valence-corrected chi connectivity index (χ3v) is 7.60. The molecule has 1 aliphatic heterocycles. The Balaban J connectivity index is 1.18. The number of thioether (sulfide) groups is 1. The van der Waals surface area contributed by atoms with Crippen molar-refractivity contribution in [2.45, 2.75) is 74.6 Å². The van der Waals surface area contributed by atoms with Crippen LogP contribution >= 0.6 is 11.8 Å². The summed E-state index contributed by atoms with van der Waals surface area (Å²) in [4.78, 5) is 28.9. The first-order valence-corrected chi connectivity index (χ1v) is 11.3. The van der Waals surface area contributed by atoms with Gasteiger partial charge in [0.25, 0.3) is 0 Å². The van der Waals surface area contributed by atoms with Gasteiger partial charge in [0.1, 0.15) is 18.2 Å². The second kappa shape index (κ2) is 8.20. The van der Waals surface area contributed by atoms with E-state index in [0.29, 0.717) is 18.5 Å². The van der Waals surface area contributed by atoms with Gasteiger partial charge in [0.05, 0.1) is 5.25 Å². The van der Waals surface area contributed by atoms with Crippen LogP contribution in [0.3, 0.4) is 0 Å². The molecule has 8 heteroatoms. The van der Waals surface area contributed by atoms with Crippen molar-refractivity contribution in [3.05, 3.63) is 12.7 Å². The van der Waals surface area contributed by atoms with E-state index < -0.39 is 5.54 Å². The summed E-state index contributed by atoms with van der Waals surface area (Å²) in [6, 6.07) is 0.303. The molecule has 7 nitrogen and oxygen atoms in total. The van der Waals surface area contributed by atoms with Crippen molar-refractivity contribution in [2.24, 2.45) is 5.92 Å². The first-order valence-electron chi connectivity index (χ1n) is 10.2. The van der Waals surface area contributed by atoms with Crippen LogP contribution in [-0.2, 0) is 15.1 Å². The van der Waals surface area contributed by atoms with Crippen molar-refractivity contribution >= 4 is 23.6 Å². The number of carbonyl (C=O) groups excluding carboxylic acids is 2. The number of amides is 2. The fraction of sp³-hybridized carbons (Fsp3) is 0.789. The summed E-state index contributed by atoms with van der Waals surface area (Å²) < 4.78 is 1.69. The first kappa shape index (κ1) is 18.8. The van der Waals surface area contributed by atoms with Gasteiger partial charge in [-0.15, -0.1) is 11.8 Å². The zero-order valence-electron chi connectivity index (χ0n) is 15.7. The molecule has 0 aromatic carbocycles. The van der Waals surface area contributed by atoms with E-state index >= 15 is 0 Å². The molecule has 3 fully saturated rings. The Morgan fingerprint density at radius 2 is 1.96 bits per heavy atom. The van der Waals surface area contributed by atoms with Crippen molar-refractivity contribution in [3.63, 3.8) is 0 Å². The maximum absolute atomic E-state index is 12.6. The fourth-order valence-electron chi connectivity index (χ4n) is 4.26. The quantitative estimate of drug-likeness (QED) is 0.772. The van der Waals surface area contributed by atoms with E-state index in [1.165, 1.54) is 19.2 Å². The molecule has 0 spiro atoms. The van der Waals surface area contributed by atoms with Gasteiger partial charge < -0.3 is 10.6 Å². The van der Waals surface area contributed by atoms with E-state index in [4.69, 9.17) is 0 Å². The average molecular weight is 392 g/mol. The highest BCUT2D eigenvalue weighted by molar-refractivity contribution is 8.00. The number of nitrogens with one attached hydrogen (secondary N) is 2. The van der Waals surface area contributed by atoms with Crippen molar-refractivity contribution in [1.82, 2.24) is 25.4 Å². The Morgan fingerprint density at radius 1 is 1.15 bits per heavy atom. The minimum atomic E-state index is -0.501. The highest BCUT2D eigenvalue weighted by atomic mass is 32.2. The molecule has 3 aliphatic rings. The van der Waals surface area contributed by atoms with Crippen LogP contribution in [0.4, 0.5) is 0 Å². The van der Waals surface area contributed by atoms with Gasteiger partial charge in [0.2, 0.25) is 11.8 Å². The molecular weight excluding hydrogens is 362 g/mol. The normalized spacial score (nSPS) is 29.7. The van der Waals surface area contributed by atoms with Gasteiger partial charge in [-0.05, 0) is 63.0 Å². The predicted molar refractivity (Wildman–Crippen MR) is 104 cm³/mol. The summed E-state index contributed by atoms with van der Waals surface area (Å²) in [7, 11) is 0. The topological polar surface area (TPSA) is 88.9 Å². The van der Waals surface area contributed by atoms with Gasteiger partial charge in [-0.2, -0.15) is 5.10 Å². The van der Waals surface area contributed by atoms with E-state index in [0.717, 1.165) is 50.7 Å². The number of aromatic nitrogens is 3. The zero-order chi connectivity index (χ0) is 18.7. The second-order valence-electron chi connectivity index (χ2n) is 8.16. The molecule has 2 N–H and O–H groups in total. The number of hydrogen-bond donors (Lipinski definition) is 2. The largest absolute Gasteiger partial charge is 0.354 e. The summed E-state index contributed by atoms with van der Waals surface area (Å²) in [6.45, 7) is 0.717. The van der Waals surface area contributed by atoms with Gasteiger partial charge in [-0.1, -0.05) is 6.42 Å². The highest BCUT2D eigenvalue weighted by Gasteiger charge is 2.52. The van der Waals surface area contributed by atoms with Gasteiger partial charge in [-0.25, -0.2) is 9.67 Å². The third kappa shape index (κ3) is 4.31. The molecule has 0 radical (unpaired) electrons. The molecule has 148 valence electrons. The van der Waals surface area contributed by atoms with Gasteiger partial charge >= 0.3 is 0 Å². The van der Waals surface area contributed by atoms with Gasteiger partial charge in [0, 0.05) is 12.6 Å². The molecule has 1 aromatic heterocycles. The molecule has 4 rings (SSSR count). The van der Waals surface area contributed by atoms with Gasteiger partial charge in [0.15, 0.2) is 0 Å². The predicted octanol–water partition coefficient (Wildman–Crippen LogP) is 1.84. The Bertz CT molecular complexity index is 647. The van der Waals surface area contributed by atoms with E-state index in [1.54, 1.807) is 11.0 Å². The van der Waals surface area contributed by atoms with Crippen LogP contribution in [0.5, 0.6) is 0 Å². The summed E-state index contributed by atoms with van der Waals surface area (Å²) in [5.41, 5.74) is -0.501. The lowest BCUT2D eigenvalue weighted by atomic mass is 9.86. The number of nitrogens with zero attached hydrogens (tertiary/aromatic N) is 3. The third-order valence-electron chi connectivity index (χ3n) is 6.22. The van der Waals surface area contributed by atoms with E-state index in [2.05, 4.69) is 20.7 Å². The number of carbonyl (C=O) groups is 2. The van der Waals surface area contributed by atoms with Crippen molar-refractivity contribution in [3.8, 4) is 0 Å². The minimum absolute atomic E-state index is 0.0674. The lowest BCUT2D eigenvalue weighted by Crippen LogP contribution is -2.45. The molecule has 2 aliphatic carbocycles. The van der Waals surface area contributed by atoms with Crippen molar-refractivity contribution in [2.75, 3.05) is 12.3 Å². The molecule has 27 heavy (non-hydrogen) atoms. The van der Waals surface area contributed by atoms with Crippen molar-refractivity contribution < 1.29 is 9.59 Å². The summed E-state index contributed by atoms with van der Waals surface area (Å²) in [5.74, 6) is 1.91. The van der Waals surface area contributed by atoms with Crippen molar-refractivity contribution in [1.29, 1.82) is 0 Å². The SMILES string of the molecule is O=C(NC1CCC(CNC(=O)C2(n3cncn3)CC2)CC1)C1CCCCS1. The summed E-state index contributed by atoms with van der Waals surface area (Å²) >= 11 is 1.81. The zero-order valence-corrected chi connectivity index (χ0v) is 16.5. The van der Waals surface area contributed by atoms with Crippen LogP contribution in [0, 0.1) is 5.92 Å². The van der Waals surface area contributed by atoms with Gasteiger partial charge in [-0.3, -0.25) is 9.59 Å². The maximum atomic E-state index is 12.6. The molecule has 1 saturated heterocycles. The molecule has 1 atom stereocenters. The minimum Gasteiger partial charge on any atom is -0.354 e. The lowest BCUT2D eigenvalue weighted by molar-refractivity contribution is -0.126. The molecule has 2 heterocycles. The monoisotopic (exact) mass is 391 g/mol. The maximum Gasteiger partial charge on any atom is 0.248 e. The average Bonchev–Trinajstić information content (AvgIpc) is 3.34.